The lowest BCUT2D eigenvalue weighted by Gasteiger charge is -2.33. The summed E-state index contributed by atoms with van der Waals surface area (Å²) in [4.78, 5) is 18.3. The molecule has 27 heavy (non-hydrogen) atoms. The summed E-state index contributed by atoms with van der Waals surface area (Å²) in [6.45, 7) is 3.02. The lowest BCUT2D eigenvalue weighted by molar-refractivity contribution is -0.134. The summed E-state index contributed by atoms with van der Waals surface area (Å²) in [5.41, 5.74) is 4.11. The summed E-state index contributed by atoms with van der Waals surface area (Å²) in [6, 6.07) is 15.0. The molecule has 1 fully saturated rings. The third-order valence-electron chi connectivity index (χ3n) is 5.66. The quantitative estimate of drug-likeness (QED) is 0.669. The number of piperidine rings is 1. The van der Waals surface area contributed by atoms with E-state index in [4.69, 9.17) is 0 Å². The summed E-state index contributed by atoms with van der Waals surface area (Å²) < 4.78 is 13.3. The minimum atomic E-state index is -0.245. The van der Waals surface area contributed by atoms with Crippen LogP contribution >= 0.6 is 0 Å². The Kier molecular flexibility index (Phi) is 4.97. The van der Waals surface area contributed by atoms with Gasteiger partial charge in [0.2, 0.25) is 5.91 Å². The Labute approximate surface area is 159 Å². The van der Waals surface area contributed by atoms with Crippen LogP contribution in [-0.2, 0) is 11.2 Å². The van der Waals surface area contributed by atoms with Crippen molar-refractivity contribution < 1.29 is 9.18 Å². The number of carbonyl (C=O) groups is 1. The number of aryl methyl sites for hydroxylation is 1. The zero-order valence-electron chi connectivity index (χ0n) is 15.7. The first-order chi connectivity index (χ1) is 13.1. The first-order valence-corrected chi connectivity index (χ1v) is 9.78. The van der Waals surface area contributed by atoms with Crippen molar-refractivity contribution in [2.75, 3.05) is 6.54 Å². The molecule has 1 saturated heterocycles. The highest BCUT2D eigenvalue weighted by atomic mass is 19.1. The van der Waals surface area contributed by atoms with Gasteiger partial charge in [0, 0.05) is 35.6 Å². The fourth-order valence-corrected chi connectivity index (χ4v) is 4.17. The topological polar surface area (TPSA) is 36.1 Å². The fraction of sp³-hybridized carbons (Fsp3) is 0.348. The highest BCUT2D eigenvalue weighted by Gasteiger charge is 2.23. The average molecular weight is 364 g/mol. The molecule has 1 aliphatic rings. The van der Waals surface area contributed by atoms with E-state index in [1.54, 1.807) is 12.1 Å². The molecule has 3 aromatic rings. The van der Waals surface area contributed by atoms with Gasteiger partial charge in [-0.2, -0.15) is 0 Å². The van der Waals surface area contributed by atoms with Gasteiger partial charge in [-0.15, -0.1) is 0 Å². The minimum absolute atomic E-state index is 0.234. The number of halogens is 1. The van der Waals surface area contributed by atoms with Crippen molar-refractivity contribution in [2.24, 2.45) is 0 Å². The number of hydrogen-bond acceptors (Lipinski definition) is 1. The molecule has 2 heterocycles. The van der Waals surface area contributed by atoms with Gasteiger partial charge in [-0.25, -0.2) is 4.39 Å². The second-order valence-corrected chi connectivity index (χ2v) is 7.46. The van der Waals surface area contributed by atoms with Gasteiger partial charge in [0.15, 0.2) is 0 Å². The number of H-pyrrole nitrogens is 1. The molecule has 1 amide bonds. The third kappa shape index (κ3) is 3.61. The second kappa shape index (κ2) is 7.55. The van der Waals surface area contributed by atoms with Crippen molar-refractivity contribution in [2.45, 2.75) is 45.1 Å². The van der Waals surface area contributed by atoms with Crippen LogP contribution in [0, 0.1) is 5.82 Å². The molecule has 0 radical (unpaired) electrons. The van der Waals surface area contributed by atoms with E-state index in [-0.39, 0.29) is 11.7 Å². The van der Waals surface area contributed by atoms with Crippen LogP contribution in [0.15, 0.2) is 48.5 Å². The average Bonchev–Trinajstić information content (AvgIpc) is 3.05. The molecule has 1 N–H and O–H groups in total. The summed E-state index contributed by atoms with van der Waals surface area (Å²) >= 11 is 0. The van der Waals surface area contributed by atoms with Crippen LogP contribution in [-0.4, -0.2) is 28.4 Å². The zero-order chi connectivity index (χ0) is 18.8. The lowest BCUT2D eigenvalue weighted by atomic mass is 9.99. The molecule has 0 bridgehead atoms. The van der Waals surface area contributed by atoms with Crippen LogP contribution in [0.3, 0.4) is 0 Å². The van der Waals surface area contributed by atoms with E-state index in [2.05, 4.69) is 18.0 Å². The van der Waals surface area contributed by atoms with Gasteiger partial charge in [-0.1, -0.05) is 18.2 Å². The van der Waals surface area contributed by atoms with Gasteiger partial charge < -0.3 is 9.88 Å². The largest absolute Gasteiger partial charge is 0.354 e. The van der Waals surface area contributed by atoms with Crippen LogP contribution in [0.5, 0.6) is 0 Å². The highest BCUT2D eigenvalue weighted by molar-refractivity contribution is 5.91. The molecule has 1 atom stereocenters. The molecule has 0 saturated carbocycles. The Balaban J connectivity index is 1.63. The molecule has 0 spiro atoms. The fourth-order valence-electron chi connectivity index (χ4n) is 4.17. The second-order valence-electron chi connectivity index (χ2n) is 7.46. The number of para-hydroxylation sites is 1. The number of amides is 1. The summed E-state index contributed by atoms with van der Waals surface area (Å²) in [6.07, 6.45) is 4.59. The molecule has 140 valence electrons. The van der Waals surface area contributed by atoms with E-state index >= 15 is 0 Å². The normalized spacial score (nSPS) is 17.4. The van der Waals surface area contributed by atoms with Crippen LogP contribution < -0.4 is 0 Å². The standard InChI is InChI=1S/C23H25FN2O/c1-16-6-4-5-15-26(16)22(27)14-13-20-19-7-2-3-8-21(19)25-23(20)17-9-11-18(24)12-10-17/h2-3,7-12,16,25H,4-6,13-15H2,1H3. The molecule has 0 aliphatic carbocycles. The van der Waals surface area contributed by atoms with Crippen LogP contribution in [0.1, 0.15) is 38.2 Å². The van der Waals surface area contributed by atoms with Crippen molar-refractivity contribution in [3.63, 3.8) is 0 Å². The first-order valence-electron chi connectivity index (χ1n) is 9.78. The number of benzene rings is 2. The van der Waals surface area contributed by atoms with Gasteiger partial charge in [0.05, 0.1) is 0 Å². The Morgan fingerprint density at radius 3 is 2.70 bits per heavy atom. The molecule has 2 aromatic carbocycles. The van der Waals surface area contributed by atoms with Crippen LogP contribution in [0.2, 0.25) is 0 Å². The van der Waals surface area contributed by atoms with Gasteiger partial charge in [0.25, 0.3) is 0 Å². The molecule has 1 unspecified atom stereocenters. The number of nitrogens with zero attached hydrogens (tertiary/aromatic N) is 1. The number of aromatic nitrogens is 1. The Hall–Kier alpha value is -2.62. The first kappa shape index (κ1) is 17.8. The number of nitrogens with one attached hydrogen (secondary N) is 1. The lowest BCUT2D eigenvalue weighted by Crippen LogP contribution is -2.42. The van der Waals surface area contributed by atoms with E-state index < -0.39 is 0 Å². The molecular weight excluding hydrogens is 339 g/mol. The minimum Gasteiger partial charge on any atom is -0.354 e. The van der Waals surface area contributed by atoms with Gasteiger partial charge >= 0.3 is 0 Å². The Morgan fingerprint density at radius 1 is 1.15 bits per heavy atom. The van der Waals surface area contributed by atoms with E-state index in [1.807, 2.05) is 23.1 Å². The summed E-state index contributed by atoms with van der Waals surface area (Å²) in [5, 5.41) is 1.14. The molecule has 3 nitrogen and oxygen atoms in total. The molecule has 4 rings (SSSR count). The Bertz CT molecular complexity index is 945. The number of carbonyl (C=O) groups excluding carboxylic acids is 1. The highest BCUT2D eigenvalue weighted by Crippen LogP contribution is 2.32. The number of likely N-dealkylation sites (tertiary alicyclic amines) is 1. The number of hydrogen-bond donors (Lipinski definition) is 1. The molecule has 1 aromatic heterocycles. The number of aromatic amines is 1. The van der Waals surface area contributed by atoms with Gasteiger partial charge in [-0.05, 0) is 74.1 Å². The van der Waals surface area contributed by atoms with Crippen molar-refractivity contribution in [3.8, 4) is 11.3 Å². The number of rotatable bonds is 4. The predicted octanol–water partition coefficient (Wildman–Crippen LogP) is 5.31. The van der Waals surface area contributed by atoms with Crippen molar-refractivity contribution >= 4 is 16.8 Å². The Morgan fingerprint density at radius 2 is 1.93 bits per heavy atom. The van der Waals surface area contributed by atoms with E-state index in [1.165, 1.54) is 18.6 Å². The zero-order valence-corrected chi connectivity index (χ0v) is 15.7. The van der Waals surface area contributed by atoms with Crippen molar-refractivity contribution in [1.82, 2.24) is 9.88 Å². The van der Waals surface area contributed by atoms with Crippen molar-refractivity contribution in [3.05, 3.63) is 59.9 Å². The van der Waals surface area contributed by atoms with Crippen LogP contribution in [0.4, 0.5) is 4.39 Å². The monoisotopic (exact) mass is 364 g/mol. The van der Waals surface area contributed by atoms with Crippen LogP contribution in [0.25, 0.3) is 22.2 Å². The van der Waals surface area contributed by atoms with E-state index in [0.717, 1.165) is 47.1 Å². The maximum atomic E-state index is 13.3. The van der Waals surface area contributed by atoms with E-state index in [0.29, 0.717) is 18.9 Å². The maximum absolute atomic E-state index is 13.3. The third-order valence-corrected chi connectivity index (χ3v) is 5.66. The molecular formula is C23H25FN2O. The van der Waals surface area contributed by atoms with E-state index in [9.17, 15) is 9.18 Å². The summed E-state index contributed by atoms with van der Waals surface area (Å²) in [7, 11) is 0. The molecule has 1 aliphatic heterocycles. The van der Waals surface area contributed by atoms with Gasteiger partial charge in [0.1, 0.15) is 5.82 Å². The summed E-state index contributed by atoms with van der Waals surface area (Å²) in [5.74, 6) is -0.0109. The maximum Gasteiger partial charge on any atom is 0.223 e. The molecule has 4 heteroatoms. The smallest absolute Gasteiger partial charge is 0.223 e. The SMILES string of the molecule is CC1CCCCN1C(=O)CCc1c(-c2ccc(F)cc2)[nH]c2ccccc12. The predicted molar refractivity (Wildman–Crippen MR) is 107 cm³/mol. The van der Waals surface area contributed by atoms with Crippen molar-refractivity contribution in [1.29, 1.82) is 0 Å². The number of fused-ring (bicyclic) bond motifs is 1. The van der Waals surface area contributed by atoms with Gasteiger partial charge in [-0.3, -0.25) is 4.79 Å².